The highest BCUT2D eigenvalue weighted by atomic mass is 16.4. The van der Waals surface area contributed by atoms with Crippen molar-refractivity contribution in [3.63, 3.8) is 0 Å². The molecule has 2 aliphatic heterocycles. The summed E-state index contributed by atoms with van der Waals surface area (Å²) in [4.78, 5) is 13.5. The van der Waals surface area contributed by atoms with E-state index in [-0.39, 0.29) is 12.0 Å². The Labute approximate surface area is 100 Å². The number of aliphatic carboxylic acids is 1. The van der Waals surface area contributed by atoms with Crippen LogP contribution in [-0.2, 0) is 11.3 Å². The van der Waals surface area contributed by atoms with Crippen molar-refractivity contribution in [2.24, 2.45) is 5.92 Å². The average molecular weight is 235 g/mol. The summed E-state index contributed by atoms with van der Waals surface area (Å²) in [6.07, 6.45) is 2.95. The van der Waals surface area contributed by atoms with Crippen LogP contribution in [-0.4, -0.2) is 28.1 Å². The monoisotopic (exact) mass is 235 g/mol. The normalized spacial score (nSPS) is 32.2. The predicted octanol–water partition coefficient (Wildman–Crippen LogP) is 2.03. The van der Waals surface area contributed by atoms with Crippen molar-refractivity contribution in [3.8, 4) is 0 Å². The summed E-state index contributed by atoms with van der Waals surface area (Å²) in [5, 5.41) is 9.17. The van der Waals surface area contributed by atoms with Crippen LogP contribution in [0.15, 0.2) is 16.5 Å². The number of aryl methyl sites for hydroxylation is 1. The second-order valence-corrected chi connectivity index (χ2v) is 5.16. The highest BCUT2D eigenvalue weighted by molar-refractivity contribution is 5.71. The lowest BCUT2D eigenvalue weighted by Crippen LogP contribution is -2.32. The van der Waals surface area contributed by atoms with E-state index >= 15 is 0 Å². The van der Waals surface area contributed by atoms with Gasteiger partial charge in [-0.2, -0.15) is 0 Å². The fraction of sp³-hybridized carbons (Fsp3) is 0.615. The first-order valence-corrected chi connectivity index (χ1v) is 6.19. The van der Waals surface area contributed by atoms with Crippen molar-refractivity contribution in [2.75, 3.05) is 0 Å². The molecule has 2 aliphatic rings. The Hall–Kier alpha value is -1.29. The minimum atomic E-state index is -0.641. The van der Waals surface area contributed by atoms with Gasteiger partial charge in [-0.1, -0.05) is 0 Å². The first-order chi connectivity index (χ1) is 8.15. The van der Waals surface area contributed by atoms with E-state index in [1.165, 1.54) is 0 Å². The SMILES string of the molecule is Cc1ccc(CN2C3CCC2C(C(=O)O)C3)o1. The lowest BCUT2D eigenvalue weighted by molar-refractivity contribution is -0.142. The van der Waals surface area contributed by atoms with Gasteiger partial charge in [0.1, 0.15) is 11.5 Å². The van der Waals surface area contributed by atoms with Crippen LogP contribution < -0.4 is 0 Å². The Balaban J connectivity index is 1.75. The number of fused-ring (bicyclic) bond motifs is 2. The molecular formula is C13H17NO3. The molecule has 2 fully saturated rings. The largest absolute Gasteiger partial charge is 0.481 e. The van der Waals surface area contributed by atoms with Crippen LogP contribution >= 0.6 is 0 Å². The van der Waals surface area contributed by atoms with E-state index in [0.29, 0.717) is 6.04 Å². The zero-order chi connectivity index (χ0) is 12.0. The summed E-state index contributed by atoms with van der Waals surface area (Å²) in [5.74, 6) is 1.05. The molecular weight excluding hydrogens is 218 g/mol. The van der Waals surface area contributed by atoms with Crippen LogP contribution in [0.25, 0.3) is 0 Å². The number of furan rings is 1. The number of rotatable bonds is 3. The number of hydrogen-bond donors (Lipinski definition) is 1. The third-order valence-corrected chi connectivity index (χ3v) is 4.13. The van der Waals surface area contributed by atoms with E-state index < -0.39 is 5.97 Å². The zero-order valence-corrected chi connectivity index (χ0v) is 9.93. The van der Waals surface area contributed by atoms with Crippen LogP contribution in [0.5, 0.6) is 0 Å². The Morgan fingerprint density at radius 2 is 2.35 bits per heavy atom. The second-order valence-electron chi connectivity index (χ2n) is 5.16. The Kier molecular flexibility index (Phi) is 2.47. The van der Waals surface area contributed by atoms with Crippen molar-refractivity contribution in [1.82, 2.24) is 4.90 Å². The van der Waals surface area contributed by atoms with Gasteiger partial charge >= 0.3 is 5.97 Å². The van der Waals surface area contributed by atoms with Gasteiger partial charge in [-0.25, -0.2) is 0 Å². The summed E-state index contributed by atoms with van der Waals surface area (Å²) in [6, 6.07) is 4.60. The first-order valence-electron chi connectivity index (χ1n) is 6.19. The number of nitrogens with zero attached hydrogens (tertiary/aromatic N) is 1. The molecule has 17 heavy (non-hydrogen) atoms. The standard InChI is InChI=1S/C13H17NO3/c1-8-2-4-10(17-8)7-14-9-3-5-12(14)11(6-9)13(15)16/h2,4,9,11-12H,3,5-7H2,1H3,(H,15,16). The summed E-state index contributed by atoms with van der Waals surface area (Å²) < 4.78 is 5.58. The van der Waals surface area contributed by atoms with Crippen LogP contribution in [0, 0.1) is 12.8 Å². The molecule has 0 aliphatic carbocycles. The summed E-state index contributed by atoms with van der Waals surface area (Å²) in [5.41, 5.74) is 0. The van der Waals surface area contributed by atoms with Gasteiger partial charge in [-0.05, 0) is 38.3 Å². The van der Waals surface area contributed by atoms with Gasteiger partial charge in [-0.15, -0.1) is 0 Å². The van der Waals surface area contributed by atoms with E-state index in [2.05, 4.69) is 4.90 Å². The van der Waals surface area contributed by atoms with Crippen molar-refractivity contribution < 1.29 is 14.3 Å². The maximum absolute atomic E-state index is 11.1. The molecule has 2 bridgehead atoms. The predicted molar refractivity (Wildman–Crippen MR) is 61.5 cm³/mol. The molecule has 3 rings (SSSR count). The molecule has 92 valence electrons. The maximum Gasteiger partial charge on any atom is 0.308 e. The van der Waals surface area contributed by atoms with Crippen molar-refractivity contribution in [1.29, 1.82) is 0 Å². The minimum Gasteiger partial charge on any atom is -0.481 e. The van der Waals surface area contributed by atoms with Crippen molar-refractivity contribution >= 4 is 5.97 Å². The average Bonchev–Trinajstić information content (AvgIpc) is 2.95. The van der Waals surface area contributed by atoms with Gasteiger partial charge < -0.3 is 9.52 Å². The van der Waals surface area contributed by atoms with Crippen LogP contribution in [0.4, 0.5) is 0 Å². The van der Waals surface area contributed by atoms with Crippen LogP contribution in [0.3, 0.4) is 0 Å². The lowest BCUT2D eigenvalue weighted by Gasteiger charge is -2.21. The van der Waals surface area contributed by atoms with E-state index in [1.54, 1.807) is 0 Å². The van der Waals surface area contributed by atoms with Crippen LogP contribution in [0.1, 0.15) is 30.8 Å². The van der Waals surface area contributed by atoms with E-state index in [9.17, 15) is 9.90 Å². The van der Waals surface area contributed by atoms with Crippen molar-refractivity contribution in [3.05, 3.63) is 23.7 Å². The third kappa shape index (κ3) is 1.76. The van der Waals surface area contributed by atoms with E-state index in [4.69, 9.17) is 4.42 Å². The van der Waals surface area contributed by atoms with Gasteiger partial charge in [0.05, 0.1) is 12.5 Å². The molecule has 0 radical (unpaired) electrons. The number of carboxylic acids is 1. The molecule has 1 N–H and O–H groups in total. The Morgan fingerprint density at radius 1 is 1.53 bits per heavy atom. The number of hydrogen-bond acceptors (Lipinski definition) is 3. The van der Waals surface area contributed by atoms with E-state index in [1.807, 2.05) is 19.1 Å². The summed E-state index contributed by atoms with van der Waals surface area (Å²) >= 11 is 0. The quantitative estimate of drug-likeness (QED) is 0.871. The van der Waals surface area contributed by atoms with Gasteiger partial charge in [-0.3, -0.25) is 9.69 Å². The molecule has 3 atom stereocenters. The van der Waals surface area contributed by atoms with Gasteiger partial charge in [0, 0.05) is 12.1 Å². The summed E-state index contributed by atoms with van der Waals surface area (Å²) in [6.45, 7) is 2.69. The zero-order valence-electron chi connectivity index (χ0n) is 9.93. The molecule has 0 saturated carbocycles. The molecule has 3 heterocycles. The smallest absolute Gasteiger partial charge is 0.308 e. The highest BCUT2D eigenvalue weighted by Gasteiger charge is 2.49. The van der Waals surface area contributed by atoms with E-state index in [0.717, 1.165) is 37.3 Å². The molecule has 0 amide bonds. The van der Waals surface area contributed by atoms with Gasteiger partial charge in [0.2, 0.25) is 0 Å². The molecule has 4 heteroatoms. The Morgan fingerprint density at radius 3 is 2.94 bits per heavy atom. The summed E-state index contributed by atoms with van der Waals surface area (Å²) in [7, 11) is 0. The lowest BCUT2D eigenvalue weighted by atomic mass is 9.89. The molecule has 1 aromatic rings. The topological polar surface area (TPSA) is 53.7 Å². The second kappa shape index (κ2) is 3.88. The molecule has 4 nitrogen and oxygen atoms in total. The third-order valence-electron chi connectivity index (χ3n) is 4.13. The number of carboxylic acid groups (broad SMARTS) is 1. The van der Waals surface area contributed by atoms with Crippen LogP contribution in [0.2, 0.25) is 0 Å². The maximum atomic E-state index is 11.1. The first kappa shape index (κ1) is 10.8. The molecule has 0 aromatic carbocycles. The van der Waals surface area contributed by atoms with Crippen molar-refractivity contribution in [2.45, 2.75) is 44.8 Å². The highest BCUT2D eigenvalue weighted by Crippen LogP contribution is 2.42. The van der Waals surface area contributed by atoms with Gasteiger partial charge in [0.25, 0.3) is 0 Å². The molecule has 3 unspecified atom stereocenters. The molecule has 2 saturated heterocycles. The Bertz CT molecular complexity index is 440. The van der Waals surface area contributed by atoms with Gasteiger partial charge in [0.15, 0.2) is 0 Å². The fourth-order valence-electron chi connectivity index (χ4n) is 3.36. The minimum absolute atomic E-state index is 0.176. The molecule has 1 aromatic heterocycles. The molecule has 0 spiro atoms. The number of carbonyl (C=O) groups is 1. The fourth-order valence-corrected chi connectivity index (χ4v) is 3.36.